The number of rotatable bonds is 3. The number of hydrogen-bond acceptors (Lipinski definition) is 5. The van der Waals surface area contributed by atoms with Crippen LogP contribution in [0, 0.1) is 11.3 Å². The van der Waals surface area contributed by atoms with Crippen LogP contribution in [0.2, 0.25) is 0 Å². The van der Waals surface area contributed by atoms with Crippen LogP contribution in [0.5, 0.6) is 0 Å². The zero-order valence-corrected chi connectivity index (χ0v) is 11.4. The summed E-state index contributed by atoms with van der Waals surface area (Å²) in [6.07, 6.45) is -0.464. The molecule has 0 saturated carbocycles. The van der Waals surface area contributed by atoms with Gasteiger partial charge < -0.3 is 9.84 Å². The van der Waals surface area contributed by atoms with Crippen molar-refractivity contribution in [3.05, 3.63) is 70.8 Å². The van der Waals surface area contributed by atoms with Crippen molar-refractivity contribution >= 4 is 11.9 Å². The van der Waals surface area contributed by atoms with Crippen molar-refractivity contribution in [2.45, 2.75) is 6.23 Å². The SMILES string of the molecule is N#Cc1ccc(C2=NNC(c3ccc(C(=O)O)cc3)O2)cc1. The molecule has 1 aliphatic rings. The summed E-state index contributed by atoms with van der Waals surface area (Å²) in [5.74, 6) is -0.543. The molecule has 1 aliphatic heterocycles. The number of nitrogens with one attached hydrogen (secondary N) is 1. The first kappa shape index (κ1) is 13.6. The van der Waals surface area contributed by atoms with Gasteiger partial charge >= 0.3 is 5.97 Å². The largest absolute Gasteiger partial charge is 0.478 e. The van der Waals surface area contributed by atoms with Crippen LogP contribution < -0.4 is 5.43 Å². The lowest BCUT2D eigenvalue weighted by molar-refractivity contribution is 0.0696. The zero-order chi connectivity index (χ0) is 15.5. The number of nitrogens with zero attached hydrogens (tertiary/aromatic N) is 2. The van der Waals surface area contributed by atoms with Crippen molar-refractivity contribution in [2.75, 3.05) is 0 Å². The molecule has 0 amide bonds. The number of carboxylic acids is 1. The van der Waals surface area contributed by atoms with Crippen LogP contribution in [-0.4, -0.2) is 17.0 Å². The predicted octanol–water partition coefficient (Wildman–Crippen LogP) is 2.24. The van der Waals surface area contributed by atoms with Crippen molar-refractivity contribution in [2.24, 2.45) is 5.10 Å². The van der Waals surface area contributed by atoms with Crippen molar-refractivity contribution in [1.82, 2.24) is 5.43 Å². The summed E-state index contributed by atoms with van der Waals surface area (Å²) in [4.78, 5) is 10.8. The molecule has 1 unspecified atom stereocenters. The number of hydrazone groups is 1. The molecule has 2 N–H and O–H groups in total. The van der Waals surface area contributed by atoms with E-state index in [9.17, 15) is 4.79 Å². The first-order chi connectivity index (χ1) is 10.7. The smallest absolute Gasteiger partial charge is 0.335 e. The summed E-state index contributed by atoms with van der Waals surface area (Å²) >= 11 is 0. The molecule has 2 aromatic carbocycles. The monoisotopic (exact) mass is 293 g/mol. The van der Waals surface area contributed by atoms with Crippen LogP contribution in [0.15, 0.2) is 53.6 Å². The molecular weight excluding hydrogens is 282 g/mol. The molecule has 0 fully saturated rings. The average molecular weight is 293 g/mol. The quantitative estimate of drug-likeness (QED) is 0.905. The lowest BCUT2D eigenvalue weighted by Gasteiger charge is -2.11. The summed E-state index contributed by atoms with van der Waals surface area (Å²) in [6, 6.07) is 15.3. The fourth-order valence-electron chi connectivity index (χ4n) is 2.04. The van der Waals surface area contributed by atoms with E-state index in [2.05, 4.69) is 10.5 Å². The normalized spacial score (nSPS) is 16.1. The van der Waals surface area contributed by atoms with Gasteiger partial charge in [-0.05, 0) is 36.4 Å². The van der Waals surface area contributed by atoms with Gasteiger partial charge in [0.05, 0.1) is 17.2 Å². The van der Waals surface area contributed by atoms with Gasteiger partial charge in [0.25, 0.3) is 0 Å². The number of benzene rings is 2. The highest BCUT2D eigenvalue weighted by molar-refractivity contribution is 5.95. The number of carbonyl (C=O) groups is 1. The molecule has 1 heterocycles. The van der Waals surface area contributed by atoms with Crippen molar-refractivity contribution in [3.63, 3.8) is 0 Å². The first-order valence-corrected chi connectivity index (χ1v) is 6.51. The number of ether oxygens (including phenoxy) is 1. The second kappa shape index (κ2) is 5.58. The molecule has 0 aliphatic carbocycles. The number of aromatic carboxylic acids is 1. The highest BCUT2D eigenvalue weighted by Gasteiger charge is 2.22. The van der Waals surface area contributed by atoms with E-state index in [0.717, 1.165) is 11.1 Å². The van der Waals surface area contributed by atoms with Crippen LogP contribution in [0.4, 0.5) is 0 Å². The zero-order valence-electron chi connectivity index (χ0n) is 11.4. The van der Waals surface area contributed by atoms with E-state index in [0.29, 0.717) is 11.5 Å². The minimum atomic E-state index is -0.971. The third-order valence-corrected chi connectivity index (χ3v) is 3.23. The molecule has 0 saturated heterocycles. The third kappa shape index (κ3) is 2.60. The molecule has 1 atom stereocenters. The Kier molecular flexibility index (Phi) is 3.46. The minimum Gasteiger partial charge on any atom is -0.478 e. The fourth-order valence-corrected chi connectivity index (χ4v) is 2.04. The lowest BCUT2D eigenvalue weighted by atomic mass is 10.1. The number of carboxylic acid groups (broad SMARTS) is 1. The van der Waals surface area contributed by atoms with Gasteiger partial charge in [0, 0.05) is 11.1 Å². The summed E-state index contributed by atoms with van der Waals surface area (Å²) in [5, 5.41) is 21.8. The van der Waals surface area contributed by atoms with Crippen LogP contribution in [0.1, 0.15) is 33.3 Å². The molecule has 3 rings (SSSR count). The van der Waals surface area contributed by atoms with Gasteiger partial charge in [-0.15, -0.1) is 5.10 Å². The van der Waals surface area contributed by atoms with E-state index in [1.54, 1.807) is 36.4 Å². The number of nitriles is 1. The van der Waals surface area contributed by atoms with E-state index < -0.39 is 12.2 Å². The van der Waals surface area contributed by atoms with Crippen LogP contribution in [-0.2, 0) is 4.74 Å². The Morgan fingerprint density at radius 2 is 1.86 bits per heavy atom. The van der Waals surface area contributed by atoms with Gasteiger partial charge in [-0.2, -0.15) is 5.26 Å². The molecule has 108 valence electrons. The second-order valence-electron chi connectivity index (χ2n) is 4.66. The Morgan fingerprint density at radius 1 is 1.18 bits per heavy atom. The van der Waals surface area contributed by atoms with Gasteiger partial charge in [0.2, 0.25) is 12.1 Å². The maximum absolute atomic E-state index is 10.8. The standard InChI is InChI=1S/C16H11N3O3/c17-9-10-1-3-11(4-2-10)14-18-19-15(22-14)12-5-7-13(8-6-12)16(20)21/h1-8,15,19H,(H,20,21). The molecular formula is C16H11N3O3. The van der Waals surface area contributed by atoms with E-state index >= 15 is 0 Å². The number of hydrogen-bond donors (Lipinski definition) is 2. The van der Waals surface area contributed by atoms with E-state index in [-0.39, 0.29) is 5.56 Å². The molecule has 6 heteroatoms. The minimum absolute atomic E-state index is 0.218. The highest BCUT2D eigenvalue weighted by Crippen LogP contribution is 2.22. The Bertz CT molecular complexity index is 774. The lowest BCUT2D eigenvalue weighted by Crippen LogP contribution is -2.12. The summed E-state index contributed by atoms with van der Waals surface area (Å²) in [5.41, 5.74) is 5.17. The fraction of sp³-hybridized carbons (Fsp3) is 0.0625. The topological polar surface area (TPSA) is 94.7 Å². The molecule has 6 nitrogen and oxygen atoms in total. The van der Waals surface area contributed by atoms with Gasteiger partial charge in [0.1, 0.15) is 0 Å². The van der Waals surface area contributed by atoms with Gasteiger partial charge in [-0.25, -0.2) is 4.79 Å². The maximum atomic E-state index is 10.8. The van der Waals surface area contributed by atoms with Crippen LogP contribution >= 0.6 is 0 Å². The van der Waals surface area contributed by atoms with Gasteiger partial charge in [-0.1, -0.05) is 12.1 Å². The molecule has 0 radical (unpaired) electrons. The van der Waals surface area contributed by atoms with Gasteiger partial charge in [0.15, 0.2) is 0 Å². The average Bonchev–Trinajstić information content (AvgIpc) is 3.05. The molecule has 22 heavy (non-hydrogen) atoms. The maximum Gasteiger partial charge on any atom is 0.335 e. The summed E-state index contributed by atoms with van der Waals surface area (Å²) in [6.45, 7) is 0. The Hall–Kier alpha value is -3.33. The second-order valence-corrected chi connectivity index (χ2v) is 4.66. The van der Waals surface area contributed by atoms with Crippen LogP contribution in [0.25, 0.3) is 0 Å². The summed E-state index contributed by atoms with van der Waals surface area (Å²) < 4.78 is 5.72. The molecule has 0 bridgehead atoms. The van der Waals surface area contributed by atoms with Crippen LogP contribution in [0.3, 0.4) is 0 Å². The Labute approximate surface area is 126 Å². The summed E-state index contributed by atoms with van der Waals surface area (Å²) in [7, 11) is 0. The Morgan fingerprint density at radius 3 is 2.45 bits per heavy atom. The molecule has 2 aromatic rings. The predicted molar refractivity (Wildman–Crippen MR) is 78.1 cm³/mol. The van der Waals surface area contributed by atoms with E-state index in [1.807, 2.05) is 6.07 Å². The van der Waals surface area contributed by atoms with Crippen molar-refractivity contribution in [1.29, 1.82) is 5.26 Å². The Balaban J connectivity index is 1.73. The molecule has 0 aromatic heterocycles. The third-order valence-electron chi connectivity index (χ3n) is 3.23. The highest BCUT2D eigenvalue weighted by atomic mass is 16.5. The van der Waals surface area contributed by atoms with Gasteiger partial charge in [-0.3, -0.25) is 5.43 Å². The van der Waals surface area contributed by atoms with Crippen molar-refractivity contribution in [3.8, 4) is 6.07 Å². The van der Waals surface area contributed by atoms with Crippen molar-refractivity contribution < 1.29 is 14.6 Å². The first-order valence-electron chi connectivity index (χ1n) is 6.51. The molecule has 0 spiro atoms. The van der Waals surface area contributed by atoms with E-state index in [1.165, 1.54) is 12.1 Å². The van der Waals surface area contributed by atoms with E-state index in [4.69, 9.17) is 15.1 Å².